The van der Waals surface area contributed by atoms with Crippen molar-refractivity contribution in [3.63, 3.8) is 0 Å². The predicted octanol–water partition coefficient (Wildman–Crippen LogP) is 2.65. The van der Waals surface area contributed by atoms with Crippen LogP contribution in [0.2, 0.25) is 5.02 Å². The Hall–Kier alpha value is -2.18. The van der Waals surface area contributed by atoms with E-state index in [2.05, 4.69) is 15.3 Å². The minimum Gasteiger partial charge on any atom is -0.378 e. The van der Waals surface area contributed by atoms with Gasteiger partial charge in [-0.3, -0.25) is 4.79 Å². The van der Waals surface area contributed by atoms with E-state index in [4.69, 9.17) is 16.3 Å². The molecule has 0 aliphatic carbocycles. The third kappa shape index (κ3) is 3.78. The SMILES string of the molecule is Cc1cc(Cl)ccc1Nc1nccc(C(=O)N2CCOCC2)n1. The van der Waals surface area contributed by atoms with Gasteiger partial charge in [0.25, 0.3) is 5.91 Å². The Morgan fingerprint density at radius 2 is 2.09 bits per heavy atom. The third-order valence-electron chi connectivity index (χ3n) is 3.61. The molecule has 1 N–H and O–H groups in total. The molecule has 1 aromatic carbocycles. The molecule has 6 nitrogen and oxygen atoms in total. The maximum Gasteiger partial charge on any atom is 0.272 e. The molecule has 1 aliphatic heterocycles. The summed E-state index contributed by atoms with van der Waals surface area (Å²) < 4.78 is 5.26. The lowest BCUT2D eigenvalue weighted by Crippen LogP contribution is -2.41. The highest BCUT2D eigenvalue weighted by atomic mass is 35.5. The van der Waals surface area contributed by atoms with Crippen molar-refractivity contribution in [2.45, 2.75) is 6.92 Å². The summed E-state index contributed by atoms with van der Waals surface area (Å²) in [4.78, 5) is 22.7. The van der Waals surface area contributed by atoms with E-state index in [0.29, 0.717) is 43.0 Å². The Morgan fingerprint density at radius 1 is 1.30 bits per heavy atom. The molecule has 23 heavy (non-hydrogen) atoms. The lowest BCUT2D eigenvalue weighted by atomic mass is 10.2. The largest absolute Gasteiger partial charge is 0.378 e. The summed E-state index contributed by atoms with van der Waals surface area (Å²) in [6.07, 6.45) is 1.58. The minimum atomic E-state index is -0.105. The number of carbonyl (C=O) groups is 1. The summed E-state index contributed by atoms with van der Waals surface area (Å²) in [5.41, 5.74) is 2.20. The van der Waals surface area contributed by atoms with Crippen LogP contribution in [0.4, 0.5) is 11.6 Å². The summed E-state index contributed by atoms with van der Waals surface area (Å²) in [7, 11) is 0. The van der Waals surface area contributed by atoms with Crippen LogP contribution in [-0.4, -0.2) is 47.1 Å². The van der Waals surface area contributed by atoms with Crippen molar-refractivity contribution in [1.29, 1.82) is 0 Å². The van der Waals surface area contributed by atoms with E-state index in [9.17, 15) is 4.79 Å². The summed E-state index contributed by atoms with van der Waals surface area (Å²) in [5, 5.41) is 3.79. The molecule has 0 spiro atoms. The molecule has 1 amide bonds. The third-order valence-corrected chi connectivity index (χ3v) is 3.84. The molecule has 1 aromatic heterocycles. The van der Waals surface area contributed by atoms with Crippen LogP contribution in [0, 0.1) is 6.92 Å². The quantitative estimate of drug-likeness (QED) is 0.936. The molecule has 1 fully saturated rings. The molecular formula is C16H17ClN4O2. The number of rotatable bonds is 3. The number of morpholine rings is 1. The molecule has 120 valence electrons. The standard InChI is InChI=1S/C16H17ClN4O2/c1-11-10-12(17)2-3-13(11)19-16-18-5-4-14(20-16)15(22)21-6-8-23-9-7-21/h2-5,10H,6-9H2,1H3,(H,18,19,20). The molecule has 0 bridgehead atoms. The van der Waals surface area contributed by atoms with E-state index in [0.717, 1.165) is 11.3 Å². The molecule has 0 radical (unpaired) electrons. The number of hydrogen-bond donors (Lipinski definition) is 1. The molecule has 1 saturated heterocycles. The van der Waals surface area contributed by atoms with Gasteiger partial charge in [0.2, 0.25) is 5.95 Å². The molecule has 0 unspecified atom stereocenters. The highest BCUT2D eigenvalue weighted by Gasteiger charge is 2.20. The zero-order valence-corrected chi connectivity index (χ0v) is 13.5. The summed E-state index contributed by atoms with van der Waals surface area (Å²) in [5.74, 6) is 0.279. The van der Waals surface area contributed by atoms with Crippen molar-refractivity contribution in [3.8, 4) is 0 Å². The second-order valence-electron chi connectivity index (χ2n) is 5.25. The lowest BCUT2D eigenvalue weighted by molar-refractivity contribution is 0.0299. The molecule has 2 heterocycles. The highest BCUT2D eigenvalue weighted by molar-refractivity contribution is 6.30. The average Bonchev–Trinajstić information content (AvgIpc) is 2.58. The number of amides is 1. The van der Waals surface area contributed by atoms with Crippen LogP contribution >= 0.6 is 11.6 Å². The van der Waals surface area contributed by atoms with Crippen LogP contribution in [-0.2, 0) is 4.74 Å². The number of aryl methyl sites for hydroxylation is 1. The monoisotopic (exact) mass is 332 g/mol. The van der Waals surface area contributed by atoms with Gasteiger partial charge in [0.15, 0.2) is 0 Å². The normalized spacial score (nSPS) is 14.6. The van der Waals surface area contributed by atoms with Gasteiger partial charge in [0.1, 0.15) is 5.69 Å². The number of anilines is 2. The van der Waals surface area contributed by atoms with E-state index < -0.39 is 0 Å². The minimum absolute atomic E-state index is 0.105. The van der Waals surface area contributed by atoms with Gasteiger partial charge in [0, 0.05) is 30.0 Å². The van der Waals surface area contributed by atoms with E-state index in [-0.39, 0.29) is 5.91 Å². The van der Waals surface area contributed by atoms with Crippen LogP contribution in [0.3, 0.4) is 0 Å². The van der Waals surface area contributed by atoms with E-state index >= 15 is 0 Å². The van der Waals surface area contributed by atoms with Crippen molar-refractivity contribution < 1.29 is 9.53 Å². The summed E-state index contributed by atoms with van der Waals surface area (Å²) in [6.45, 7) is 4.23. The number of carbonyl (C=O) groups excluding carboxylic acids is 1. The molecular weight excluding hydrogens is 316 g/mol. The average molecular weight is 333 g/mol. The Morgan fingerprint density at radius 3 is 2.83 bits per heavy atom. The lowest BCUT2D eigenvalue weighted by Gasteiger charge is -2.26. The number of ether oxygens (including phenoxy) is 1. The van der Waals surface area contributed by atoms with Gasteiger partial charge in [-0.1, -0.05) is 11.6 Å². The van der Waals surface area contributed by atoms with Crippen LogP contribution in [0.1, 0.15) is 16.1 Å². The second kappa shape index (κ2) is 6.93. The number of hydrogen-bond acceptors (Lipinski definition) is 5. The Bertz CT molecular complexity index is 717. The topological polar surface area (TPSA) is 67.4 Å². The number of nitrogens with one attached hydrogen (secondary N) is 1. The second-order valence-corrected chi connectivity index (χ2v) is 5.69. The van der Waals surface area contributed by atoms with Crippen LogP contribution in [0.5, 0.6) is 0 Å². The van der Waals surface area contributed by atoms with Gasteiger partial charge in [-0.15, -0.1) is 0 Å². The Kier molecular flexibility index (Phi) is 4.73. The Labute approximate surface area is 139 Å². The van der Waals surface area contributed by atoms with Crippen LogP contribution in [0.25, 0.3) is 0 Å². The van der Waals surface area contributed by atoms with Crippen LogP contribution < -0.4 is 5.32 Å². The molecule has 3 rings (SSSR count). The molecule has 7 heteroatoms. The highest BCUT2D eigenvalue weighted by Crippen LogP contribution is 2.22. The first-order valence-electron chi connectivity index (χ1n) is 7.37. The number of halogens is 1. The number of aromatic nitrogens is 2. The van der Waals surface area contributed by atoms with Gasteiger partial charge in [-0.25, -0.2) is 9.97 Å². The fraction of sp³-hybridized carbons (Fsp3) is 0.312. The van der Waals surface area contributed by atoms with Crippen molar-refractivity contribution >= 4 is 29.1 Å². The first kappa shape index (κ1) is 15.7. The number of nitrogens with zero attached hydrogens (tertiary/aromatic N) is 3. The molecule has 2 aromatic rings. The summed E-state index contributed by atoms with van der Waals surface area (Å²) in [6, 6.07) is 7.13. The smallest absolute Gasteiger partial charge is 0.272 e. The van der Waals surface area contributed by atoms with Crippen molar-refractivity contribution in [2.75, 3.05) is 31.6 Å². The first-order chi connectivity index (χ1) is 11.1. The van der Waals surface area contributed by atoms with Gasteiger partial charge in [-0.2, -0.15) is 0 Å². The summed E-state index contributed by atoms with van der Waals surface area (Å²) >= 11 is 5.95. The molecule has 1 aliphatic rings. The van der Waals surface area contributed by atoms with Gasteiger partial charge in [-0.05, 0) is 36.8 Å². The maximum atomic E-state index is 12.5. The van der Waals surface area contributed by atoms with Crippen molar-refractivity contribution in [1.82, 2.24) is 14.9 Å². The number of benzene rings is 1. The first-order valence-corrected chi connectivity index (χ1v) is 7.74. The van der Waals surface area contributed by atoms with Crippen LogP contribution in [0.15, 0.2) is 30.5 Å². The zero-order valence-electron chi connectivity index (χ0n) is 12.8. The van der Waals surface area contributed by atoms with Crippen molar-refractivity contribution in [2.24, 2.45) is 0 Å². The van der Waals surface area contributed by atoms with Crippen molar-refractivity contribution in [3.05, 3.63) is 46.7 Å². The maximum absolute atomic E-state index is 12.5. The Balaban J connectivity index is 1.78. The fourth-order valence-corrected chi connectivity index (χ4v) is 2.58. The van der Waals surface area contributed by atoms with Gasteiger partial charge in [0.05, 0.1) is 13.2 Å². The fourth-order valence-electron chi connectivity index (χ4n) is 2.35. The van der Waals surface area contributed by atoms with E-state index in [1.54, 1.807) is 23.2 Å². The van der Waals surface area contributed by atoms with E-state index in [1.165, 1.54) is 0 Å². The molecule has 0 saturated carbocycles. The van der Waals surface area contributed by atoms with Gasteiger partial charge >= 0.3 is 0 Å². The van der Waals surface area contributed by atoms with E-state index in [1.807, 2.05) is 19.1 Å². The zero-order chi connectivity index (χ0) is 16.2. The predicted molar refractivity (Wildman–Crippen MR) is 88.2 cm³/mol. The van der Waals surface area contributed by atoms with Gasteiger partial charge < -0.3 is 15.0 Å². The molecule has 0 atom stereocenters.